The van der Waals surface area contributed by atoms with Crippen LogP contribution in [-0.4, -0.2) is 30.2 Å². The predicted octanol–water partition coefficient (Wildman–Crippen LogP) is 5.60. The van der Waals surface area contributed by atoms with E-state index in [-0.39, 0.29) is 28.5 Å². The average Bonchev–Trinajstić information content (AvgIpc) is 3.09. The van der Waals surface area contributed by atoms with Crippen molar-refractivity contribution in [3.63, 3.8) is 0 Å². The quantitative estimate of drug-likeness (QED) is 0.421. The second kappa shape index (κ2) is 10.2. The van der Waals surface area contributed by atoms with Crippen LogP contribution in [0.3, 0.4) is 0 Å². The molecule has 0 radical (unpaired) electrons. The molecule has 1 amide bonds. The van der Waals surface area contributed by atoms with Crippen LogP contribution in [0.15, 0.2) is 24.3 Å². The van der Waals surface area contributed by atoms with Gasteiger partial charge >= 0.3 is 5.97 Å². The zero-order valence-corrected chi connectivity index (χ0v) is 21.7. The molecule has 0 spiro atoms. The third kappa shape index (κ3) is 6.12. The Bertz CT molecular complexity index is 1040. The highest BCUT2D eigenvalue weighted by molar-refractivity contribution is 7.80. The van der Waals surface area contributed by atoms with Crippen molar-refractivity contribution in [1.29, 1.82) is 0 Å². The maximum absolute atomic E-state index is 12.6. The molecule has 8 heteroatoms. The normalized spacial score (nSPS) is 15.5. The van der Waals surface area contributed by atoms with Gasteiger partial charge in [-0.2, -0.15) is 0 Å². The van der Waals surface area contributed by atoms with E-state index >= 15 is 0 Å². The van der Waals surface area contributed by atoms with E-state index in [2.05, 4.69) is 31.4 Å². The lowest BCUT2D eigenvalue weighted by Crippen LogP contribution is -2.34. The van der Waals surface area contributed by atoms with Gasteiger partial charge in [-0.1, -0.05) is 20.8 Å². The summed E-state index contributed by atoms with van der Waals surface area (Å²) in [4.78, 5) is 26.4. The predicted molar refractivity (Wildman–Crippen MR) is 137 cm³/mol. The van der Waals surface area contributed by atoms with Crippen LogP contribution in [0.2, 0.25) is 0 Å². The smallest absolute Gasteiger partial charge is 0.341 e. The Balaban J connectivity index is 1.74. The number of anilines is 1. The first-order chi connectivity index (χ1) is 15.5. The number of hydrogen-bond donors (Lipinski definition) is 2. The maximum atomic E-state index is 12.6. The second-order valence-corrected chi connectivity index (χ2v) is 11.1. The topological polar surface area (TPSA) is 76.7 Å². The number of ether oxygens (including phenoxy) is 2. The van der Waals surface area contributed by atoms with Gasteiger partial charge in [0.05, 0.1) is 18.8 Å². The summed E-state index contributed by atoms with van der Waals surface area (Å²) < 4.78 is 10.7. The minimum atomic E-state index is -0.390. The minimum absolute atomic E-state index is 0.0563. The van der Waals surface area contributed by atoms with Crippen molar-refractivity contribution < 1.29 is 19.1 Å². The molecule has 0 bridgehead atoms. The van der Waals surface area contributed by atoms with Gasteiger partial charge in [-0.3, -0.25) is 10.1 Å². The van der Waals surface area contributed by atoms with Gasteiger partial charge in [0.25, 0.3) is 5.91 Å². The molecule has 1 aromatic heterocycles. The summed E-state index contributed by atoms with van der Waals surface area (Å²) in [5, 5.41) is 6.52. The molecule has 0 fully saturated rings. The van der Waals surface area contributed by atoms with E-state index in [0.717, 1.165) is 24.8 Å². The number of thiophene rings is 1. The first-order valence-electron chi connectivity index (χ1n) is 11.1. The molecule has 1 atom stereocenters. The van der Waals surface area contributed by atoms with E-state index < -0.39 is 0 Å². The van der Waals surface area contributed by atoms with Gasteiger partial charge < -0.3 is 14.8 Å². The van der Waals surface area contributed by atoms with Gasteiger partial charge in [0, 0.05) is 10.4 Å². The summed E-state index contributed by atoms with van der Waals surface area (Å²) in [6.45, 7) is 10.6. The molecular formula is C25H32N2O4S2. The fourth-order valence-electron chi connectivity index (χ4n) is 4.00. The number of fused-ring (bicyclic) bond motifs is 1. The summed E-state index contributed by atoms with van der Waals surface area (Å²) in [5.74, 6) is 0.510. The van der Waals surface area contributed by atoms with Crippen LogP contribution < -0.4 is 15.4 Å². The van der Waals surface area contributed by atoms with Crippen LogP contribution in [0.5, 0.6) is 5.75 Å². The third-order valence-corrected chi connectivity index (χ3v) is 7.20. The fourth-order valence-corrected chi connectivity index (χ4v) is 5.58. The molecule has 3 rings (SSSR count). The molecular weight excluding hydrogens is 456 g/mol. The number of nitrogens with one attached hydrogen (secondary N) is 2. The number of benzene rings is 1. The Labute approximate surface area is 205 Å². The molecule has 6 nitrogen and oxygen atoms in total. The van der Waals surface area contributed by atoms with E-state index in [1.807, 2.05) is 13.8 Å². The lowest BCUT2D eigenvalue weighted by atomic mass is 9.72. The van der Waals surface area contributed by atoms with Crippen molar-refractivity contribution in [1.82, 2.24) is 5.32 Å². The van der Waals surface area contributed by atoms with Crippen LogP contribution in [0.25, 0.3) is 0 Å². The van der Waals surface area contributed by atoms with Crippen molar-refractivity contribution in [2.75, 3.05) is 12.4 Å². The van der Waals surface area contributed by atoms with Crippen molar-refractivity contribution >= 4 is 45.5 Å². The zero-order valence-electron chi connectivity index (χ0n) is 20.0. The number of thiocarbonyl (C=S) groups is 1. The highest BCUT2D eigenvalue weighted by Crippen LogP contribution is 2.44. The molecule has 0 saturated heterocycles. The summed E-state index contributed by atoms with van der Waals surface area (Å²) in [6, 6.07) is 6.87. The highest BCUT2D eigenvalue weighted by atomic mass is 32.1. The van der Waals surface area contributed by atoms with Crippen molar-refractivity contribution in [3.05, 3.63) is 45.8 Å². The van der Waals surface area contributed by atoms with Gasteiger partial charge in [0.15, 0.2) is 5.11 Å². The van der Waals surface area contributed by atoms with E-state index in [1.165, 1.54) is 23.3 Å². The van der Waals surface area contributed by atoms with E-state index in [1.54, 1.807) is 24.3 Å². The van der Waals surface area contributed by atoms with Gasteiger partial charge in [-0.25, -0.2) is 4.79 Å². The molecule has 1 aliphatic rings. The standard InChI is InChI=1S/C25H32N2O4S2/c1-14(2)31-17-10-7-15(8-11-17)21(28)26-24(32)27-22-20(23(29)30-6)18-12-9-16(25(3,4)5)13-19(18)33-22/h7-8,10-11,14,16H,9,12-13H2,1-6H3,(H2,26,27,28,32). The van der Waals surface area contributed by atoms with Gasteiger partial charge in [0.2, 0.25) is 0 Å². The van der Waals surface area contributed by atoms with Crippen molar-refractivity contribution in [2.24, 2.45) is 11.3 Å². The van der Waals surface area contributed by atoms with Crippen LogP contribution in [-0.2, 0) is 17.6 Å². The lowest BCUT2D eigenvalue weighted by Gasteiger charge is -2.33. The minimum Gasteiger partial charge on any atom is -0.491 e. The Kier molecular flexibility index (Phi) is 7.80. The SMILES string of the molecule is COC(=O)c1c(NC(=S)NC(=O)c2ccc(OC(C)C)cc2)sc2c1CCC(C(C)(C)C)C2. The highest BCUT2D eigenvalue weighted by Gasteiger charge is 2.34. The van der Waals surface area contributed by atoms with Crippen molar-refractivity contribution in [2.45, 2.75) is 60.0 Å². The van der Waals surface area contributed by atoms with Crippen LogP contribution in [0.4, 0.5) is 5.00 Å². The molecule has 178 valence electrons. The summed E-state index contributed by atoms with van der Waals surface area (Å²) >= 11 is 6.90. The number of carbonyl (C=O) groups is 2. The molecule has 33 heavy (non-hydrogen) atoms. The molecule has 0 saturated carbocycles. The second-order valence-electron chi connectivity index (χ2n) is 9.60. The van der Waals surface area contributed by atoms with Crippen LogP contribution in [0.1, 0.15) is 72.2 Å². The number of methoxy groups -OCH3 is 1. The monoisotopic (exact) mass is 488 g/mol. The van der Waals surface area contributed by atoms with E-state index in [0.29, 0.717) is 27.8 Å². The summed E-state index contributed by atoms with van der Waals surface area (Å²) in [5.41, 5.74) is 2.21. The van der Waals surface area contributed by atoms with Gasteiger partial charge in [-0.05, 0) is 86.5 Å². The number of hydrogen-bond acceptors (Lipinski definition) is 6. The Morgan fingerprint density at radius 1 is 1.18 bits per heavy atom. The Hall–Kier alpha value is -2.45. The Morgan fingerprint density at radius 2 is 1.85 bits per heavy atom. The molecule has 1 heterocycles. The molecule has 1 aliphatic carbocycles. The number of carbonyl (C=O) groups excluding carboxylic acids is 2. The summed E-state index contributed by atoms with van der Waals surface area (Å²) in [6.07, 6.45) is 2.82. The summed E-state index contributed by atoms with van der Waals surface area (Å²) in [7, 11) is 1.38. The van der Waals surface area contributed by atoms with Gasteiger partial charge in [0.1, 0.15) is 10.8 Å². The van der Waals surface area contributed by atoms with E-state index in [9.17, 15) is 9.59 Å². The number of amides is 1. The molecule has 1 aromatic carbocycles. The lowest BCUT2D eigenvalue weighted by molar-refractivity contribution is 0.0600. The fraction of sp³-hybridized carbons (Fsp3) is 0.480. The van der Waals surface area contributed by atoms with E-state index in [4.69, 9.17) is 21.7 Å². The average molecular weight is 489 g/mol. The number of rotatable bonds is 5. The molecule has 1 unspecified atom stereocenters. The van der Waals surface area contributed by atoms with Crippen LogP contribution >= 0.6 is 23.6 Å². The van der Waals surface area contributed by atoms with Crippen molar-refractivity contribution in [3.8, 4) is 5.75 Å². The zero-order chi connectivity index (χ0) is 24.3. The third-order valence-electron chi connectivity index (χ3n) is 5.82. The molecule has 0 aliphatic heterocycles. The Morgan fingerprint density at radius 3 is 2.42 bits per heavy atom. The van der Waals surface area contributed by atoms with Crippen LogP contribution in [0, 0.1) is 11.3 Å². The maximum Gasteiger partial charge on any atom is 0.341 e. The van der Waals surface area contributed by atoms with Gasteiger partial charge in [-0.15, -0.1) is 11.3 Å². The largest absolute Gasteiger partial charge is 0.491 e. The first kappa shape index (κ1) is 25.2. The molecule has 2 N–H and O–H groups in total. The molecule has 2 aromatic rings. The number of esters is 1. The first-order valence-corrected chi connectivity index (χ1v) is 12.3.